The molecule has 0 bridgehead atoms. The summed E-state index contributed by atoms with van der Waals surface area (Å²) < 4.78 is 10.5. The van der Waals surface area contributed by atoms with E-state index in [1.165, 1.54) is 6.33 Å². The Bertz CT molecular complexity index is 721. The lowest BCUT2D eigenvalue weighted by atomic mass is 10.2. The summed E-state index contributed by atoms with van der Waals surface area (Å²) >= 11 is 0. The largest absolute Gasteiger partial charge is 0.497 e. The number of anilines is 2. The first-order valence-corrected chi connectivity index (χ1v) is 8.15. The van der Waals surface area contributed by atoms with Crippen molar-refractivity contribution in [1.29, 1.82) is 0 Å². The van der Waals surface area contributed by atoms with Gasteiger partial charge in [0.05, 0.1) is 19.9 Å². The maximum atomic E-state index is 12.6. The molecule has 0 radical (unpaired) electrons. The molecule has 7 nitrogen and oxygen atoms in total. The maximum Gasteiger partial charge on any atom is 0.274 e. The van der Waals surface area contributed by atoms with Crippen LogP contribution in [0.3, 0.4) is 0 Å². The van der Waals surface area contributed by atoms with Gasteiger partial charge in [-0.15, -0.1) is 0 Å². The monoisotopic (exact) mass is 344 g/mol. The van der Waals surface area contributed by atoms with Crippen molar-refractivity contribution >= 4 is 17.4 Å². The highest BCUT2D eigenvalue weighted by atomic mass is 16.5. The summed E-state index contributed by atoms with van der Waals surface area (Å²) in [5.74, 6) is 1.55. The zero-order valence-corrected chi connectivity index (χ0v) is 15.1. The van der Waals surface area contributed by atoms with Gasteiger partial charge in [0.1, 0.15) is 29.3 Å². The van der Waals surface area contributed by atoms with Gasteiger partial charge in [0.25, 0.3) is 5.91 Å². The summed E-state index contributed by atoms with van der Waals surface area (Å²) in [6, 6.07) is 6.88. The number of hydrogen-bond donors (Lipinski definition) is 1. The van der Waals surface area contributed by atoms with Gasteiger partial charge in [-0.05, 0) is 18.6 Å². The van der Waals surface area contributed by atoms with Gasteiger partial charge in [-0.2, -0.15) is 0 Å². The predicted molar refractivity (Wildman–Crippen MR) is 97.7 cm³/mol. The Morgan fingerprint density at radius 2 is 2.00 bits per heavy atom. The molecule has 7 heteroatoms. The Morgan fingerprint density at radius 3 is 2.68 bits per heavy atom. The van der Waals surface area contributed by atoms with Gasteiger partial charge in [0.2, 0.25) is 0 Å². The minimum Gasteiger partial charge on any atom is -0.497 e. The number of ether oxygens (including phenoxy) is 2. The van der Waals surface area contributed by atoms with Crippen molar-refractivity contribution in [3.63, 3.8) is 0 Å². The molecule has 0 unspecified atom stereocenters. The number of nitrogens with zero attached hydrogens (tertiary/aromatic N) is 3. The Morgan fingerprint density at radius 1 is 1.20 bits per heavy atom. The summed E-state index contributed by atoms with van der Waals surface area (Å²) in [6.45, 7) is 3.01. The van der Waals surface area contributed by atoms with Crippen molar-refractivity contribution in [1.82, 2.24) is 9.97 Å². The van der Waals surface area contributed by atoms with Crippen LogP contribution in [0.5, 0.6) is 11.5 Å². The first-order chi connectivity index (χ1) is 12.1. The molecule has 0 aliphatic carbocycles. The van der Waals surface area contributed by atoms with Gasteiger partial charge in [-0.3, -0.25) is 4.79 Å². The Balaban J connectivity index is 2.18. The number of rotatable bonds is 8. The molecule has 25 heavy (non-hydrogen) atoms. The number of aromatic nitrogens is 2. The highest BCUT2D eigenvalue weighted by Gasteiger charge is 2.14. The van der Waals surface area contributed by atoms with Gasteiger partial charge in [0, 0.05) is 25.7 Å². The minimum atomic E-state index is -0.334. The quantitative estimate of drug-likeness (QED) is 0.793. The average Bonchev–Trinajstić information content (AvgIpc) is 2.66. The van der Waals surface area contributed by atoms with E-state index in [9.17, 15) is 4.79 Å². The molecule has 0 spiro atoms. The number of hydrogen-bond acceptors (Lipinski definition) is 6. The Kier molecular flexibility index (Phi) is 6.56. The number of benzene rings is 1. The molecule has 1 N–H and O–H groups in total. The fourth-order valence-corrected chi connectivity index (χ4v) is 2.29. The first-order valence-electron chi connectivity index (χ1n) is 8.15. The van der Waals surface area contributed by atoms with Crippen LogP contribution in [0.25, 0.3) is 0 Å². The maximum absolute atomic E-state index is 12.6. The lowest BCUT2D eigenvalue weighted by molar-refractivity contribution is 0.102. The number of carbonyl (C=O) groups is 1. The van der Waals surface area contributed by atoms with Crippen LogP contribution in [0, 0.1) is 0 Å². The highest BCUT2D eigenvalue weighted by Crippen LogP contribution is 2.29. The molecule has 0 aliphatic rings. The molecule has 0 saturated carbocycles. The lowest BCUT2D eigenvalue weighted by Gasteiger charge is -2.18. The van der Waals surface area contributed by atoms with Crippen LogP contribution >= 0.6 is 0 Å². The third-order valence-corrected chi connectivity index (χ3v) is 3.78. The molecule has 134 valence electrons. The van der Waals surface area contributed by atoms with Crippen LogP contribution in [-0.4, -0.2) is 43.7 Å². The van der Waals surface area contributed by atoms with E-state index in [4.69, 9.17) is 9.47 Å². The van der Waals surface area contributed by atoms with Gasteiger partial charge < -0.3 is 19.7 Å². The van der Waals surface area contributed by atoms with Gasteiger partial charge in [0.15, 0.2) is 0 Å². The molecule has 1 aromatic carbocycles. The van der Waals surface area contributed by atoms with Crippen LogP contribution in [0.4, 0.5) is 11.5 Å². The standard InChI is InChI=1S/C18H24N4O3/c1-5-6-9-22(2)17-11-15(19-12-20-17)18(23)21-14-10-13(24-3)7-8-16(14)25-4/h7-8,10-12H,5-6,9H2,1-4H3,(H,21,23). The van der Waals surface area contributed by atoms with E-state index in [0.717, 1.165) is 19.4 Å². The van der Waals surface area contributed by atoms with E-state index >= 15 is 0 Å². The first kappa shape index (κ1) is 18.5. The van der Waals surface area contributed by atoms with E-state index in [1.54, 1.807) is 38.5 Å². The smallest absolute Gasteiger partial charge is 0.274 e. The molecule has 2 aromatic rings. The fourth-order valence-electron chi connectivity index (χ4n) is 2.29. The van der Waals surface area contributed by atoms with Crippen molar-refractivity contribution in [3.05, 3.63) is 36.3 Å². The lowest BCUT2D eigenvalue weighted by Crippen LogP contribution is -2.21. The van der Waals surface area contributed by atoms with Crippen LogP contribution in [0.2, 0.25) is 0 Å². The van der Waals surface area contributed by atoms with Crippen molar-refractivity contribution in [2.24, 2.45) is 0 Å². The van der Waals surface area contributed by atoms with Gasteiger partial charge in [-0.25, -0.2) is 9.97 Å². The van der Waals surface area contributed by atoms with Crippen LogP contribution in [0.15, 0.2) is 30.6 Å². The molecular formula is C18H24N4O3. The zero-order chi connectivity index (χ0) is 18.2. The summed E-state index contributed by atoms with van der Waals surface area (Å²) in [4.78, 5) is 22.9. The fraction of sp³-hybridized carbons (Fsp3) is 0.389. The second-order valence-electron chi connectivity index (χ2n) is 5.56. The van der Waals surface area contributed by atoms with Gasteiger partial charge in [-0.1, -0.05) is 13.3 Å². The Hall–Kier alpha value is -2.83. The molecule has 1 heterocycles. The SMILES string of the molecule is CCCCN(C)c1cc(C(=O)Nc2cc(OC)ccc2OC)ncn1. The number of nitrogens with one attached hydrogen (secondary N) is 1. The second kappa shape index (κ2) is 8.86. The predicted octanol–water partition coefficient (Wildman–Crippen LogP) is 2.98. The normalized spacial score (nSPS) is 10.2. The highest BCUT2D eigenvalue weighted by molar-refractivity contribution is 6.04. The van der Waals surface area contributed by atoms with E-state index in [1.807, 2.05) is 11.9 Å². The van der Waals surface area contributed by atoms with Crippen molar-refractivity contribution in [3.8, 4) is 11.5 Å². The summed E-state index contributed by atoms with van der Waals surface area (Å²) in [6.07, 6.45) is 3.55. The van der Waals surface area contributed by atoms with Crippen molar-refractivity contribution < 1.29 is 14.3 Å². The topological polar surface area (TPSA) is 76.6 Å². The second-order valence-corrected chi connectivity index (χ2v) is 5.56. The number of carbonyl (C=O) groups excluding carboxylic acids is 1. The molecule has 0 aliphatic heterocycles. The molecule has 1 amide bonds. The number of methoxy groups -OCH3 is 2. The minimum absolute atomic E-state index is 0.290. The summed E-state index contributed by atoms with van der Waals surface area (Å²) in [5, 5.41) is 2.81. The third kappa shape index (κ3) is 4.82. The van der Waals surface area contributed by atoms with Gasteiger partial charge >= 0.3 is 0 Å². The molecular weight excluding hydrogens is 320 g/mol. The average molecular weight is 344 g/mol. The molecule has 2 rings (SSSR count). The zero-order valence-electron chi connectivity index (χ0n) is 15.1. The van der Waals surface area contributed by atoms with Crippen LogP contribution in [-0.2, 0) is 0 Å². The van der Waals surface area contributed by atoms with E-state index < -0.39 is 0 Å². The van der Waals surface area contributed by atoms with E-state index in [0.29, 0.717) is 28.7 Å². The number of amides is 1. The van der Waals surface area contributed by atoms with Crippen molar-refractivity contribution in [2.75, 3.05) is 38.0 Å². The summed E-state index contributed by atoms with van der Waals surface area (Å²) in [7, 11) is 5.06. The van der Waals surface area contributed by atoms with E-state index in [2.05, 4.69) is 22.2 Å². The van der Waals surface area contributed by atoms with Crippen molar-refractivity contribution in [2.45, 2.75) is 19.8 Å². The van der Waals surface area contributed by atoms with E-state index in [-0.39, 0.29) is 5.91 Å². The molecule has 0 fully saturated rings. The molecule has 0 atom stereocenters. The third-order valence-electron chi connectivity index (χ3n) is 3.78. The molecule has 0 saturated heterocycles. The number of unbranched alkanes of at least 4 members (excludes halogenated alkanes) is 1. The van der Waals surface area contributed by atoms with Crippen LogP contribution < -0.4 is 19.7 Å². The van der Waals surface area contributed by atoms with Crippen LogP contribution in [0.1, 0.15) is 30.3 Å². The molecule has 1 aromatic heterocycles. The Labute approximate surface area is 148 Å². The summed E-state index contributed by atoms with van der Waals surface area (Å²) in [5.41, 5.74) is 0.810.